The van der Waals surface area contributed by atoms with Crippen LogP contribution in [-0.4, -0.2) is 28.5 Å². The van der Waals surface area contributed by atoms with Crippen molar-refractivity contribution >= 4 is 60.9 Å². The average Bonchev–Trinajstić information content (AvgIpc) is 3.13. The second-order valence-electron chi connectivity index (χ2n) is 9.59. The number of carbonyl (C=O) groups excluding carboxylic acids is 4. The highest BCUT2D eigenvalue weighted by Crippen LogP contribution is 2.55. The van der Waals surface area contributed by atoms with Crippen LogP contribution in [0.4, 0.5) is 10.1 Å². The van der Waals surface area contributed by atoms with Gasteiger partial charge in [-0.1, -0.05) is 33.6 Å². The van der Waals surface area contributed by atoms with E-state index in [1.807, 2.05) is 6.08 Å². The van der Waals surface area contributed by atoms with Crippen LogP contribution in [0.15, 0.2) is 80.3 Å². The van der Waals surface area contributed by atoms with Crippen LogP contribution in [0.25, 0.3) is 0 Å². The molecule has 0 unspecified atom stereocenters. The van der Waals surface area contributed by atoms with Crippen LogP contribution in [0.3, 0.4) is 0 Å². The molecule has 0 aromatic heterocycles. The number of allylic oxidation sites excluding steroid dienone is 6. The van der Waals surface area contributed by atoms with Crippen LogP contribution in [0, 0.1) is 23.6 Å². The first kappa shape index (κ1) is 24.2. The molecule has 0 bridgehead atoms. The third-order valence-corrected chi connectivity index (χ3v) is 8.84. The molecular formula is C28H18Br2FNO5. The zero-order valence-corrected chi connectivity index (χ0v) is 22.3. The number of halogens is 3. The molecule has 0 spiro atoms. The van der Waals surface area contributed by atoms with Crippen molar-refractivity contribution in [3.8, 4) is 5.75 Å². The second-order valence-corrected chi connectivity index (χ2v) is 11.4. The van der Waals surface area contributed by atoms with Crippen LogP contribution >= 0.6 is 31.9 Å². The maximum atomic E-state index is 14.4. The summed E-state index contributed by atoms with van der Waals surface area (Å²) in [5.74, 6) is -5.37. The van der Waals surface area contributed by atoms with Crippen LogP contribution < -0.4 is 4.90 Å². The van der Waals surface area contributed by atoms with E-state index < -0.39 is 35.2 Å². The summed E-state index contributed by atoms with van der Waals surface area (Å²) in [5, 5.41) is 9.75. The number of Topliss-reactive ketones (excluding diaryl/α,β-unsaturated/α-hetero) is 1. The van der Waals surface area contributed by atoms with Gasteiger partial charge in [0.15, 0.2) is 23.1 Å². The number of imide groups is 1. The van der Waals surface area contributed by atoms with E-state index in [9.17, 15) is 28.7 Å². The monoisotopic (exact) mass is 625 g/mol. The minimum Gasteiger partial charge on any atom is -0.505 e. The minimum absolute atomic E-state index is 0.122. The first-order chi connectivity index (χ1) is 17.7. The fourth-order valence-corrected chi connectivity index (χ4v) is 6.84. The van der Waals surface area contributed by atoms with Crippen LogP contribution in [0.5, 0.6) is 5.75 Å². The summed E-state index contributed by atoms with van der Waals surface area (Å²) >= 11 is 6.55. The number of rotatable bonds is 2. The second kappa shape index (κ2) is 8.70. The molecule has 2 amide bonds. The highest BCUT2D eigenvalue weighted by Gasteiger charge is 2.56. The Labute approximate surface area is 227 Å². The highest BCUT2D eigenvalue weighted by molar-refractivity contribution is 9.12. The zero-order valence-electron chi connectivity index (χ0n) is 19.1. The topological polar surface area (TPSA) is 91.8 Å². The van der Waals surface area contributed by atoms with Gasteiger partial charge >= 0.3 is 0 Å². The Kier molecular flexibility index (Phi) is 5.69. The molecule has 1 heterocycles. The van der Waals surface area contributed by atoms with E-state index >= 15 is 0 Å². The van der Waals surface area contributed by atoms with E-state index in [2.05, 4.69) is 31.9 Å². The van der Waals surface area contributed by atoms with E-state index in [0.717, 1.165) is 16.1 Å². The average molecular weight is 627 g/mol. The molecule has 0 radical (unpaired) electrons. The molecule has 37 heavy (non-hydrogen) atoms. The lowest BCUT2D eigenvalue weighted by atomic mass is 9.59. The lowest BCUT2D eigenvalue weighted by Crippen LogP contribution is -2.39. The number of amides is 2. The first-order valence-corrected chi connectivity index (χ1v) is 13.3. The largest absolute Gasteiger partial charge is 0.505 e. The Bertz CT molecular complexity index is 1520. The van der Waals surface area contributed by atoms with Gasteiger partial charge in [-0.15, -0.1) is 0 Å². The van der Waals surface area contributed by atoms with E-state index in [1.54, 1.807) is 24.3 Å². The summed E-state index contributed by atoms with van der Waals surface area (Å²) < 4.78 is 15.4. The van der Waals surface area contributed by atoms with E-state index in [-0.39, 0.29) is 51.9 Å². The Morgan fingerprint density at radius 2 is 1.68 bits per heavy atom. The van der Waals surface area contributed by atoms with E-state index in [1.165, 1.54) is 23.1 Å². The third kappa shape index (κ3) is 3.62. The van der Waals surface area contributed by atoms with Gasteiger partial charge in [0.1, 0.15) is 0 Å². The molecule has 6 rings (SSSR count). The number of hydrogen-bond donors (Lipinski definition) is 1. The normalized spacial score (nSPS) is 27.1. The summed E-state index contributed by atoms with van der Waals surface area (Å²) in [7, 11) is 0. The van der Waals surface area contributed by atoms with Gasteiger partial charge in [-0.25, -0.2) is 4.39 Å². The lowest BCUT2D eigenvalue weighted by Gasteiger charge is -2.42. The first-order valence-electron chi connectivity index (χ1n) is 11.7. The number of hydrogen-bond acceptors (Lipinski definition) is 5. The van der Waals surface area contributed by atoms with E-state index in [0.29, 0.717) is 11.3 Å². The molecule has 4 aliphatic rings. The molecule has 1 fully saturated rings. The molecule has 2 aromatic rings. The fraction of sp³-hybridized carbons (Fsp3) is 0.214. The van der Waals surface area contributed by atoms with Crippen molar-refractivity contribution in [3.63, 3.8) is 0 Å². The van der Waals surface area contributed by atoms with Crippen molar-refractivity contribution in [2.24, 2.45) is 17.8 Å². The number of fused-ring (bicyclic) bond motifs is 3. The van der Waals surface area contributed by atoms with Crippen molar-refractivity contribution in [2.75, 3.05) is 4.90 Å². The number of carbonyl (C=O) groups is 4. The van der Waals surface area contributed by atoms with Gasteiger partial charge in [0.05, 0.1) is 22.0 Å². The number of aromatic hydroxyl groups is 1. The molecule has 4 atom stereocenters. The van der Waals surface area contributed by atoms with Crippen LogP contribution in [-0.2, 0) is 19.2 Å². The van der Waals surface area contributed by atoms with Crippen LogP contribution in [0.1, 0.15) is 24.3 Å². The summed E-state index contributed by atoms with van der Waals surface area (Å²) in [5.41, 5.74) is 2.10. The maximum absolute atomic E-state index is 14.4. The Morgan fingerprint density at radius 3 is 2.38 bits per heavy atom. The zero-order chi connectivity index (χ0) is 26.2. The number of phenolic OH excluding ortho intramolecular Hbond substituents is 1. The highest BCUT2D eigenvalue weighted by atomic mass is 79.9. The molecule has 1 aliphatic heterocycles. The fourth-order valence-electron chi connectivity index (χ4n) is 6.13. The Balaban J connectivity index is 1.49. The maximum Gasteiger partial charge on any atom is 0.238 e. The van der Waals surface area contributed by atoms with Crippen LogP contribution in [0.2, 0.25) is 0 Å². The predicted octanol–water partition coefficient (Wildman–Crippen LogP) is 5.26. The van der Waals surface area contributed by atoms with Gasteiger partial charge in [-0.05, 0) is 76.7 Å². The molecular weight excluding hydrogens is 609 g/mol. The third-order valence-electron chi connectivity index (χ3n) is 7.72. The molecule has 3 aliphatic carbocycles. The van der Waals surface area contributed by atoms with Crippen molar-refractivity contribution in [2.45, 2.75) is 18.8 Å². The summed E-state index contributed by atoms with van der Waals surface area (Å²) in [4.78, 5) is 54.8. The standard InChI is InChI=1S/C28H18Br2FNO5/c29-13-2-4-14(5-3-13)32-27(36)16-7-6-15-17(24(16)28(32)37)10-18-25(22(34)11-19(30)26(18)35)23(15)12-1-8-21(33)20(31)9-12/h1-6,8-9,11,16-17,23-24,33H,7,10H2/t16-,17+,23-,24-/m0/s1. The predicted molar refractivity (Wildman–Crippen MR) is 139 cm³/mol. The Hall–Kier alpha value is -3.17. The number of benzene rings is 2. The minimum atomic E-state index is -0.851. The summed E-state index contributed by atoms with van der Waals surface area (Å²) in [6, 6.07) is 10.8. The molecule has 9 heteroatoms. The smallest absolute Gasteiger partial charge is 0.238 e. The van der Waals surface area contributed by atoms with Gasteiger partial charge in [0.25, 0.3) is 0 Å². The van der Waals surface area contributed by atoms with Gasteiger partial charge < -0.3 is 5.11 Å². The van der Waals surface area contributed by atoms with Crippen molar-refractivity contribution in [1.82, 2.24) is 0 Å². The van der Waals surface area contributed by atoms with Gasteiger partial charge in [-0.2, -0.15) is 0 Å². The van der Waals surface area contributed by atoms with Gasteiger partial charge in [0.2, 0.25) is 11.8 Å². The van der Waals surface area contributed by atoms with Crippen molar-refractivity contribution in [3.05, 3.63) is 91.7 Å². The molecule has 6 nitrogen and oxygen atoms in total. The quantitative estimate of drug-likeness (QED) is 0.279. The summed E-state index contributed by atoms with van der Waals surface area (Å²) in [6.45, 7) is 0. The summed E-state index contributed by atoms with van der Waals surface area (Å²) in [6.07, 6.45) is 3.50. The molecule has 186 valence electrons. The lowest BCUT2D eigenvalue weighted by molar-refractivity contribution is -0.123. The Morgan fingerprint density at radius 1 is 0.946 bits per heavy atom. The van der Waals surface area contributed by atoms with Gasteiger partial charge in [0, 0.05) is 27.6 Å². The number of ketones is 2. The van der Waals surface area contributed by atoms with E-state index in [4.69, 9.17) is 0 Å². The molecule has 2 aromatic carbocycles. The van der Waals surface area contributed by atoms with Gasteiger partial charge in [-0.3, -0.25) is 24.1 Å². The number of phenols is 1. The molecule has 0 saturated carbocycles. The van der Waals surface area contributed by atoms with Crippen molar-refractivity contribution < 1.29 is 28.7 Å². The number of anilines is 1. The molecule has 1 N–H and O–H groups in total. The van der Waals surface area contributed by atoms with Crippen molar-refractivity contribution in [1.29, 1.82) is 0 Å². The number of nitrogens with zero attached hydrogens (tertiary/aromatic N) is 1. The SMILES string of the molecule is O=C1C=C(Br)C(=O)C2=C1[C@@H](c1ccc(O)c(F)c1)C1=CC[C@@H]3C(=O)N(c4ccc(Br)cc4)C(=O)[C@@H]3[C@@H]1C2. The molecule has 1 saturated heterocycles.